The van der Waals surface area contributed by atoms with Crippen LogP contribution in [0.25, 0.3) is 0 Å². The molecule has 1 unspecified atom stereocenters. The van der Waals surface area contributed by atoms with Gasteiger partial charge >= 0.3 is 17.9 Å². The molecule has 1 atom stereocenters. The summed E-state index contributed by atoms with van der Waals surface area (Å²) < 4.78 is 16.9. The highest BCUT2D eigenvalue weighted by Crippen LogP contribution is 2.16. The fraction of sp³-hybridized carbons (Fsp3) is 0.721. The molecule has 0 amide bonds. The second-order valence-electron chi connectivity index (χ2n) is 20.6. The van der Waals surface area contributed by atoms with Crippen LogP contribution in [0.2, 0.25) is 0 Å². The fourth-order valence-electron chi connectivity index (χ4n) is 8.62. The van der Waals surface area contributed by atoms with Crippen LogP contribution in [0.1, 0.15) is 297 Å². The number of carbonyl (C=O) groups is 3. The number of hydrogen-bond acceptors (Lipinski definition) is 6. The summed E-state index contributed by atoms with van der Waals surface area (Å²) in [5.74, 6) is -0.901. The van der Waals surface area contributed by atoms with Gasteiger partial charge in [0.25, 0.3) is 0 Å². The van der Waals surface area contributed by atoms with E-state index in [1.54, 1.807) is 0 Å². The minimum atomic E-state index is -0.788. The lowest BCUT2D eigenvalue weighted by Gasteiger charge is -2.18. The normalized spacial score (nSPS) is 12.7. The summed E-state index contributed by atoms with van der Waals surface area (Å²) in [7, 11) is 0. The molecule has 0 N–H and O–H groups in total. The SMILES string of the molecule is CC/C=C\C/C=C\C/C=C\C/C=C\CCCCCCCCCCCCC(=O)OCC(COC(=O)CCCCCCC/C=C\CCC)OC(=O)CCCCCCCCCC/C=C\C/C=C\C/C=C\CCCCCCC. The molecule has 0 radical (unpaired) electrons. The minimum absolute atomic E-state index is 0.0853. The first-order valence-corrected chi connectivity index (χ1v) is 31.2. The third kappa shape index (κ3) is 59.2. The van der Waals surface area contributed by atoms with E-state index in [9.17, 15) is 14.4 Å². The fourth-order valence-corrected chi connectivity index (χ4v) is 8.62. The molecule has 0 rings (SSSR count). The molecule has 0 aliphatic rings. The van der Waals surface area contributed by atoms with Crippen molar-refractivity contribution in [1.82, 2.24) is 0 Å². The van der Waals surface area contributed by atoms with E-state index in [-0.39, 0.29) is 31.1 Å². The number of unbranched alkanes of at least 4 members (excludes halogenated alkanes) is 29. The van der Waals surface area contributed by atoms with E-state index < -0.39 is 6.10 Å². The maximum Gasteiger partial charge on any atom is 0.306 e. The van der Waals surface area contributed by atoms with Gasteiger partial charge in [0.2, 0.25) is 0 Å². The second kappa shape index (κ2) is 61.9. The molecule has 0 saturated heterocycles. The van der Waals surface area contributed by atoms with E-state index in [0.717, 1.165) is 116 Å². The molecule has 0 aliphatic heterocycles. The van der Waals surface area contributed by atoms with Gasteiger partial charge in [0.15, 0.2) is 6.10 Å². The first-order valence-electron chi connectivity index (χ1n) is 31.2. The average Bonchev–Trinajstić information content (AvgIpc) is 3.40. The van der Waals surface area contributed by atoms with Crippen molar-refractivity contribution >= 4 is 17.9 Å². The summed E-state index contributed by atoms with van der Waals surface area (Å²) in [4.78, 5) is 38.2. The smallest absolute Gasteiger partial charge is 0.306 e. The minimum Gasteiger partial charge on any atom is -0.462 e. The molecule has 6 nitrogen and oxygen atoms in total. The highest BCUT2D eigenvalue weighted by molar-refractivity contribution is 5.71. The van der Waals surface area contributed by atoms with Crippen molar-refractivity contribution in [1.29, 1.82) is 0 Å². The zero-order chi connectivity index (χ0) is 53.6. The van der Waals surface area contributed by atoms with Gasteiger partial charge in [-0.15, -0.1) is 0 Å². The van der Waals surface area contributed by atoms with Gasteiger partial charge in [0.1, 0.15) is 13.2 Å². The van der Waals surface area contributed by atoms with E-state index in [1.165, 1.54) is 141 Å². The highest BCUT2D eigenvalue weighted by Gasteiger charge is 2.19. The molecule has 0 aromatic carbocycles. The Morgan fingerprint density at radius 2 is 0.554 bits per heavy atom. The molecule has 0 spiro atoms. The average molecular weight is 1030 g/mol. The summed E-state index contributed by atoms with van der Waals surface area (Å²) in [5.41, 5.74) is 0. The molecule has 74 heavy (non-hydrogen) atoms. The number of esters is 3. The Bertz CT molecular complexity index is 1460. The van der Waals surface area contributed by atoms with E-state index in [1.807, 2.05) is 0 Å². The second-order valence-corrected chi connectivity index (χ2v) is 20.6. The molecule has 0 saturated carbocycles. The zero-order valence-corrected chi connectivity index (χ0v) is 48.6. The number of allylic oxidation sites excluding steroid dienone is 16. The van der Waals surface area contributed by atoms with Crippen LogP contribution in [0.4, 0.5) is 0 Å². The topological polar surface area (TPSA) is 78.9 Å². The zero-order valence-electron chi connectivity index (χ0n) is 48.6. The molecule has 0 heterocycles. The monoisotopic (exact) mass is 1030 g/mol. The predicted molar refractivity (Wildman–Crippen MR) is 320 cm³/mol. The lowest BCUT2D eigenvalue weighted by atomic mass is 10.1. The van der Waals surface area contributed by atoms with Gasteiger partial charge in [-0.25, -0.2) is 0 Å². The van der Waals surface area contributed by atoms with Crippen LogP contribution < -0.4 is 0 Å². The summed E-state index contributed by atoms with van der Waals surface area (Å²) in [6.07, 6.45) is 82.7. The third-order valence-corrected chi connectivity index (χ3v) is 13.3. The number of hydrogen-bond donors (Lipinski definition) is 0. The van der Waals surface area contributed by atoms with Gasteiger partial charge in [-0.2, -0.15) is 0 Å². The van der Waals surface area contributed by atoms with Crippen molar-refractivity contribution in [2.75, 3.05) is 13.2 Å². The molecule has 0 aromatic heterocycles. The van der Waals surface area contributed by atoms with Crippen LogP contribution in [0.3, 0.4) is 0 Å². The van der Waals surface area contributed by atoms with Crippen molar-refractivity contribution in [3.8, 4) is 0 Å². The molecule has 0 bridgehead atoms. The Kier molecular flexibility index (Phi) is 58.8. The summed E-state index contributed by atoms with van der Waals surface area (Å²) in [5, 5.41) is 0. The molecule has 0 fully saturated rings. The summed E-state index contributed by atoms with van der Waals surface area (Å²) in [6.45, 7) is 6.46. The Morgan fingerprint density at radius 1 is 0.284 bits per heavy atom. The van der Waals surface area contributed by atoms with Gasteiger partial charge in [0.05, 0.1) is 0 Å². The predicted octanol–water partition coefficient (Wildman–Crippen LogP) is 21.3. The maximum absolute atomic E-state index is 12.9. The molecule has 0 aromatic rings. The Morgan fingerprint density at radius 3 is 0.892 bits per heavy atom. The van der Waals surface area contributed by atoms with E-state index >= 15 is 0 Å². The van der Waals surface area contributed by atoms with Crippen molar-refractivity contribution in [3.05, 3.63) is 97.2 Å². The highest BCUT2D eigenvalue weighted by atomic mass is 16.6. The lowest BCUT2D eigenvalue weighted by Crippen LogP contribution is -2.30. The Balaban J connectivity index is 4.29. The van der Waals surface area contributed by atoms with Crippen LogP contribution >= 0.6 is 0 Å². The van der Waals surface area contributed by atoms with Crippen LogP contribution in [-0.4, -0.2) is 37.2 Å². The van der Waals surface area contributed by atoms with Gasteiger partial charge in [-0.1, -0.05) is 259 Å². The molecule has 424 valence electrons. The first kappa shape index (κ1) is 70.3. The number of rotatable bonds is 56. The molecule has 6 heteroatoms. The van der Waals surface area contributed by atoms with Crippen LogP contribution in [0, 0.1) is 0 Å². The Hall–Kier alpha value is -3.67. The Labute approximate surface area is 457 Å². The quantitative estimate of drug-likeness (QED) is 0.0261. The van der Waals surface area contributed by atoms with Crippen molar-refractivity contribution < 1.29 is 28.6 Å². The van der Waals surface area contributed by atoms with Crippen LogP contribution in [0.15, 0.2) is 97.2 Å². The van der Waals surface area contributed by atoms with Crippen molar-refractivity contribution in [2.24, 2.45) is 0 Å². The lowest BCUT2D eigenvalue weighted by molar-refractivity contribution is -0.167. The van der Waals surface area contributed by atoms with Crippen molar-refractivity contribution in [3.63, 3.8) is 0 Å². The van der Waals surface area contributed by atoms with E-state index in [2.05, 4.69) is 118 Å². The summed E-state index contributed by atoms with van der Waals surface area (Å²) >= 11 is 0. The van der Waals surface area contributed by atoms with Gasteiger partial charge < -0.3 is 14.2 Å². The van der Waals surface area contributed by atoms with E-state index in [0.29, 0.717) is 19.3 Å². The maximum atomic E-state index is 12.9. The van der Waals surface area contributed by atoms with Crippen LogP contribution in [0.5, 0.6) is 0 Å². The largest absolute Gasteiger partial charge is 0.462 e. The molecular formula is C68H116O6. The summed E-state index contributed by atoms with van der Waals surface area (Å²) in [6, 6.07) is 0. The third-order valence-electron chi connectivity index (χ3n) is 13.3. The number of ether oxygens (including phenoxy) is 3. The van der Waals surface area contributed by atoms with Crippen LogP contribution in [-0.2, 0) is 28.6 Å². The first-order chi connectivity index (χ1) is 36.5. The molecule has 0 aliphatic carbocycles. The molecular weight excluding hydrogens is 913 g/mol. The number of carbonyl (C=O) groups excluding carboxylic acids is 3. The van der Waals surface area contributed by atoms with Gasteiger partial charge in [-0.3, -0.25) is 14.4 Å². The van der Waals surface area contributed by atoms with Crippen molar-refractivity contribution in [2.45, 2.75) is 303 Å². The van der Waals surface area contributed by atoms with Gasteiger partial charge in [0, 0.05) is 19.3 Å². The van der Waals surface area contributed by atoms with E-state index in [4.69, 9.17) is 14.2 Å². The standard InChI is InChI=1S/C68H116O6/c1-4-7-10-13-16-19-22-24-26-28-30-32-34-36-38-40-42-44-46-49-52-55-58-61-67(70)73-64-65(63-72-66(69)60-57-54-51-48-21-18-15-12-9-6-3)74-68(71)62-59-56-53-50-47-45-43-41-39-37-35-33-31-29-27-25-23-20-17-14-11-8-5-2/h7,10,12,15-16,19,23-26,29-32,35,37,65H,4-6,8-9,11,13-14,17-18,20-22,27-28,33-34,36,38-64H2,1-3H3/b10-7-,15-12-,19-16-,25-23-,26-24-,31-29-,32-30-,37-35-. The van der Waals surface area contributed by atoms with Gasteiger partial charge in [-0.05, 0) is 116 Å².